The molecule has 0 radical (unpaired) electrons. The van der Waals surface area contributed by atoms with Crippen molar-refractivity contribution >= 4 is 5.91 Å². The Hall–Kier alpha value is -3.08. The Balaban J connectivity index is 1.52. The first-order chi connectivity index (χ1) is 14.0. The van der Waals surface area contributed by atoms with Crippen molar-refractivity contribution in [3.63, 3.8) is 0 Å². The highest BCUT2D eigenvalue weighted by molar-refractivity contribution is 5.96. The first kappa shape index (κ1) is 19.2. The van der Waals surface area contributed by atoms with Gasteiger partial charge in [-0.15, -0.1) is 5.10 Å². The van der Waals surface area contributed by atoms with E-state index in [1.165, 1.54) is 11.1 Å². The maximum atomic E-state index is 13.0. The number of hydrogen-bond acceptors (Lipinski definition) is 3. The summed E-state index contributed by atoms with van der Waals surface area (Å²) in [6.07, 6.45) is 0. The second kappa shape index (κ2) is 7.74. The van der Waals surface area contributed by atoms with Gasteiger partial charge in [-0.3, -0.25) is 9.89 Å². The fourth-order valence-corrected chi connectivity index (χ4v) is 3.82. The molecule has 1 N–H and O–H groups in total. The molecule has 0 unspecified atom stereocenters. The molecular formula is C24H27N3O2. The number of ether oxygens (including phenoxy) is 1. The highest BCUT2D eigenvalue weighted by Crippen LogP contribution is 2.32. The first-order valence-corrected chi connectivity index (χ1v) is 10.1. The highest BCUT2D eigenvalue weighted by atomic mass is 16.5. The van der Waals surface area contributed by atoms with E-state index in [9.17, 15) is 4.79 Å². The second-order valence-corrected chi connectivity index (χ2v) is 7.81. The molecule has 3 aromatic rings. The lowest BCUT2D eigenvalue weighted by Gasteiger charge is -2.39. The Kier molecular flexibility index (Phi) is 5.14. The predicted octanol–water partition coefficient (Wildman–Crippen LogP) is 4.64. The summed E-state index contributed by atoms with van der Waals surface area (Å²) in [5, 5.41) is 7.34. The van der Waals surface area contributed by atoms with Gasteiger partial charge in [0.1, 0.15) is 0 Å². The Morgan fingerprint density at radius 3 is 2.55 bits per heavy atom. The zero-order valence-corrected chi connectivity index (χ0v) is 17.5. The van der Waals surface area contributed by atoms with E-state index in [4.69, 9.17) is 4.74 Å². The minimum Gasteiger partial charge on any atom is -0.477 e. The molecule has 0 aliphatic carbocycles. The predicted molar refractivity (Wildman–Crippen MR) is 114 cm³/mol. The van der Waals surface area contributed by atoms with Gasteiger partial charge in [-0.25, -0.2) is 0 Å². The van der Waals surface area contributed by atoms with E-state index in [1.807, 2.05) is 43.9 Å². The van der Waals surface area contributed by atoms with Crippen molar-refractivity contribution in [3.8, 4) is 17.1 Å². The maximum absolute atomic E-state index is 13.0. The Morgan fingerprint density at radius 1 is 1.14 bits per heavy atom. The molecule has 1 aliphatic rings. The number of hydrogen-bond donors (Lipinski definition) is 1. The SMILES string of the molecule is CCOc1n[nH]c(-c2cc(C(=O)N3CC(c4ccc(C)cc4)C3)ccc2C)c1C. The summed E-state index contributed by atoms with van der Waals surface area (Å²) in [6, 6.07) is 14.5. The van der Waals surface area contributed by atoms with Crippen LogP contribution in [-0.4, -0.2) is 40.7 Å². The normalized spacial score (nSPS) is 14.0. The van der Waals surface area contributed by atoms with Crippen LogP contribution in [0.25, 0.3) is 11.3 Å². The van der Waals surface area contributed by atoms with Crippen LogP contribution in [0, 0.1) is 20.8 Å². The minimum absolute atomic E-state index is 0.0804. The van der Waals surface area contributed by atoms with Crippen molar-refractivity contribution < 1.29 is 9.53 Å². The van der Waals surface area contributed by atoms with Crippen LogP contribution in [0.2, 0.25) is 0 Å². The van der Waals surface area contributed by atoms with E-state index in [0.717, 1.165) is 35.5 Å². The molecule has 29 heavy (non-hydrogen) atoms. The molecule has 0 saturated carbocycles. The van der Waals surface area contributed by atoms with Gasteiger partial charge >= 0.3 is 0 Å². The third-order valence-electron chi connectivity index (χ3n) is 5.72. The van der Waals surface area contributed by atoms with Crippen LogP contribution in [-0.2, 0) is 0 Å². The second-order valence-electron chi connectivity index (χ2n) is 7.81. The molecule has 1 fully saturated rings. The van der Waals surface area contributed by atoms with E-state index in [1.54, 1.807) is 0 Å². The van der Waals surface area contributed by atoms with Crippen molar-refractivity contribution in [2.24, 2.45) is 0 Å². The average Bonchev–Trinajstić information content (AvgIpc) is 3.03. The zero-order chi connectivity index (χ0) is 20.5. The fourth-order valence-electron chi connectivity index (χ4n) is 3.82. The van der Waals surface area contributed by atoms with Crippen molar-refractivity contribution in [2.75, 3.05) is 19.7 Å². The number of aromatic nitrogens is 2. The smallest absolute Gasteiger partial charge is 0.253 e. The van der Waals surface area contributed by atoms with E-state index in [-0.39, 0.29) is 5.91 Å². The summed E-state index contributed by atoms with van der Waals surface area (Å²) in [5.74, 6) is 1.12. The number of nitrogens with one attached hydrogen (secondary N) is 1. The summed E-state index contributed by atoms with van der Waals surface area (Å²) < 4.78 is 5.56. The van der Waals surface area contributed by atoms with Gasteiger partial charge in [0.2, 0.25) is 5.88 Å². The molecule has 5 nitrogen and oxygen atoms in total. The molecule has 0 bridgehead atoms. The number of amides is 1. The van der Waals surface area contributed by atoms with Crippen molar-refractivity contribution in [1.82, 2.24) is 15.1 Å². The summed E-state index contributed by atoms with van der Waals surface area (Å²) in [7, 11) is 0. The number of rotatable bonds is 5. The van der Waals surface area contributed by atoms with E-state index in [0.29, 0.717) is 24.0 Å². The van der Waals surface area contributed by atoms with E-state index < -0.39 is 0 Å². The van der Waals surface area contributed by atoms with Crippen molar-refractivity contribution in [3.05, 3.63) is 70.3 Å². The number of aryl methyl sites for hydroxylation is 2. The Labute approximate surface area is 171 Å². The molecule has 2 aromatic carbocycles. The number of nitrogens with zero attached hydrogens (tertiary/aromatic N) is 2. The molecule has 1 saturated heterocycles. The summed E-state index contributed by atoms with van der Waals surface area (Å²) in [6.45, 7) is 10.2. The minimum atomic E-state index is 0.0804. The quantitative estimate of drug-likeness (QED) is 0.692. The third-order valence-corrected chi connectivity index (χ3v) is 5.72. The van der Waals surface area contributed by atoms with Gasteiger partial charge in [0.15, 0.2) is 0 Å². The fraction of sp³-hybridized carbons (Fsp3) is 0.333. The summed E-state index contributed by atoms with van der Waals surface area (Å²) >= 11 is 0. The monoisotopic (exact) mass is 389 g/mol. The largest absolute Gasteiger partial charge is 0.477 e. The number of benzene rings is 2. The van der Waals surface area contributed by atoms with Crippen LogP contribution >= 0.6 is 0 Å². The van der Waals surface area contributed by atoms with Gasteiger partial charge in [-0.1, -0.05) is 35.9 Å². The number of H-pyrrole nitrogens is 1. The third kappa shape index (κ3) is 3.65. The van der Waals surface area contributed by atoms with E-state index >= 15 is 0 Å². The van der Waals surface area contributed by atoms with Crippen LogP contribution in [0.1, 0.15) is 45.5 Å². The van der Waals surface area contributed by atoms with Crippen LogP contribution < -0.4 is 4.74 Å². The maximum Gasteiger partial charge on any atom is 0.253 e. The lowest BCUT2D eigenvalue weighted by atomic mass is 9.90. The van der Waals surface area contributed by atoms with Crippen LogP contribution in [0.5, 0.6) is 5.88 Å². The molecule has 150 valence electrons. The van der Waals surface area contributed by atoms with Crippen LogP contribution in [0.3, 0.4) is 0 Å². The molecule has 1 aromatic heterocycles. The number of aromatic amines is 1. The van der Waals surface area contributed by atoms with Gasteiger partial charge in [0.25, 0.3) is 5.91 Å². The van der Waals surface area contributed by atoms with Crippen molar-refractivity contribution in [2.45, 2.75) is 33.6 Å². The van der Waals surface area contributed by atoms with Gasteiger partial charge in [0, 0.05) is 35.7 Å². The Morgan fingerprint density at radius 2 is 1.86 bits per heavy atom. The molecule has 5 heteroatoms. The molecule has 0 spiro atoms. The molecule has 0 atom stereocenters. The molecule has 2 heterocycles. The van der Waals surface area contributed by atoms with Gasteiger partial charge in [-0.05, 0) is 51.0 Å². The van der Waals surface area contributed by atoms with Crippen molar-refractivity contribution in [1.29, 1.82) is 0 Å². The molecule has 1 aliphatic heterocycles. The average molecular weight is 389 g/mol. The molecule has 1 amide bonds. The van der Waals surface area contributed by atoms with Gasteiger partial charge in [0.05, 0.1) is 12.3 Å². The van der Waals surface area contributed by atoms with Crippen LogP contribution in [0.4, 0.5) is 0 Å². The number of carbonyl (C=O) groups excluding carboxylic acids is 1. The van der Waals surface area contributed by atoms with E-state index in [2.05, 4.69) is 41.4 Å². The lowest BCUT2D eigenvalue weighted by molar-refractivity contribution is 0.0602. The van der Waals surface area contributed by atoms with Gasteiger partial charge < -0.3 is 9.64 Å². The zero-order valence-electron chi connectivity index (χ0n) is 17.5. The topological polar surface area (TPSA) is 58.2 Å². The summed E-state index contributed by atoms with van der Waals surface area (Å²) in [4.78, 5) is 14.9. The molecule has 4 rings (SSSR count). The number of carbonyl (C=O) groups is 1. The molecular weight excluding hydrogens is 362 g/mol. The highest BCUT2D eigenvalue weighted by Gasteiger charge is 2.32. The van der Waals surface area contributed by atoms with Gasteiger partial charge in [-0.2, -0.15) is 0 Å². The summed E-state index contributed by atoms with van der Waals surface area (Å²) in [5.41, 5.74) is 7.22. The standard InChI is InChI=1S/C24H27N3O2/c1-5-29-23-17(4)22(25-26-23)21-12-19(11-8-16(21)3)24(28)27-13-20(14-27)18-9-6-15(2)7-10-18/h6-12,20H,5,13-14H2,1-4H3,(H,25,26). The lowest BCUT2D eigenvalue weighted by Crippen LogP contribution is -2.48. The first-order valence-electron chi connectivity index (χ1n) is 10.1. The van der Waals surface area contributed by atoms with Crippen LogP contribution in [0.15, 0.2) is 42.5 Å². The Bertz CT molecular complexity index is 1030. The number of likely N-dealkylation sites (tertiary alicyclic amines) is 1.